The first kappa shape index (κ1) is 9.63. The SMILES string of the molecule is Cc1[nH]ncc1NC(=O)[C@H]1C[C@@H]1[N+](=O)[O-]. The van der Waals surface area contributed by atoms with Crippen LogP contribution in [0.3, 0.4) is 0 Å². The van der Waals surface area contributed by atoms with Crippen molar-refractivity contribution in [2.24, 2.45) is 5.92 Å². The molecule has 0 spiro atoms. The summed E-state index contributed by atoms with van der Waals surface area (Å²) >= 11 is 0. The van der Waals surface area contributed by atoms with Crippen LogP contribution in [0.1, 0.15) is 12.1 Å². The first-order valence-electron chi connectivity index (χ1n) is 4.54. The number of aromatic amines is 1. The van der Waals surface area contributed by atoms with Gasteiger partial charge in [-0.25, -0.2) is 0 Å². The summed E-state index contributed by atoms with van der Waals surface area (Å²) in [4.78, 5) is 21.4. The zero-order valence-electron chi connectivity index (χ0n) is 8.06. The molecule has 1 heterocycles. The molecule has 7 heteroatoms. The van der Waals surface area contributed by atoms with Crippen LogP contribution in [0.4, 0.5) is 5.69 Å². The second-order valence-corrected chi connectivity index (χ2v) is 3.59. The van der Waals surface area contributed by atoms with Crippen molar-refractivity contribution in [1.82, 2.24) is 10.2 Å². The van der Waals surface area contributed by atoms with Gasteiger partial charge in [0.05, 0.1) is 17.6 Å². The molecule has 1 fully saturated rings. The van der Waals surface area contributed by atoms with E-state index < -0.39 is 16.9 Å². The van der Waals surface area contributed by atoms with Crippen LogP contribution >= 0.6 is 0 Å². The highest BCUT2D eigenvalue weighted by Crippen LogP contribution is 2.34. The maximum absolute atomic E-state index is 11.5. The topological polar surface area (TPSA) is 101 Å². The van der Waals surface area contributed by atoms with Crippen molar-refractivity contribution in [2.45, 2.75) is 19.4 Å². The van der Waals surface area contributed by atoms with Gasteiger partial charge >= 0.3 is 0 Å². The van der Waals surface area contributed by atoms with Crippen LogP contribution in [-0.2, 0) is 4.79 Å². The van der Waals surface area contributed by atoms with Crippen LogP contribution < -0.4 is 5.32 Å². The minimum atomic E-state index is -0.711. The standard InChI is InChI=1S/C8H10N4O3/c1-4-6(3-9-11-4)10-8(13)5-2-7(5)12(14)15/h3,5,7H,2H2,1H3,(H,9,11)(H,10,13)/t5-,7-/m0/s1. The van der Waals surface area contributed by atoms with E-state index in [-0.39, 0.29) is 5.91 Å². The number of nitrogens with zero attached hydrogens (tertiary/aromatic N) is 2. The number of rotatable bonds is 3. The first-order valence-corrected chi connectivity index (χ1v) is 4.54. The zero-order chi connectivity index (χ0) is 11.0. The number of nitro groups is 1. The lowest BCUT2D eigenvalue weighted by atomic mass is 10.3. The molecule has 80 valence electrons. The zero-order valence-corrected chi connectivity index (χ0v) is 8.06. The van der Waals surface area contributed by atoms with E-state index in [9.17, 15) is 14.9 Å². The van der Waals surface area contributed by atoms with Crippen LogP contribution in [-0.4, -0.2) is 27.1 Å². The number of hydrogen-bond donors (Lipinski definition) is 2. The van der Waals surface area contributed by atoms with E-state index in [1.165, 1.54) is 6.20 Å². The summed E-state index contributed by atoms with van der Waals surface area (Å²) in [5, 5.41) is 19.4. The third-order valence-electron chi connectivity index (χ3n) is 2.45. The minimum Gasteiger partial charge on any atom is -0.323 e. The van der Waals surface area contributed by atoms with Gasteiger partial charge in [0, 0.05) is 11.3 Å². The molecule has 1 aromatic rings. The molecule has 1 saturated carbocycles. The lowest BCUT2D eigenvalue weighted by molar-refractivity contribution is -0.497. The third-order valence-corrected chi connectivity index (χ3v) is 2.45. The molecule has 1 amide bonds. The maximum atomic E-state index is 11.5. The van der Waals surface area contributed by atoms with Crippen molar-refractivity contribution in [1.29, 1.82) is 0 Å². The van der Waals surface area contributed by atoms with Gasteiger partial charge in [-0.2, -0.15) is 5.10 Å². The van der Waals surface area contributed by atoms with E-state index in [0.717, 1.165) is 5.69 Å². The first-order chi connectivity index (χ1) is 7.09. The summed E-state index contributed by atoms with van der Waals surface area (Å²) in [5.74, 6) is -0.796. The van der Waals surface area contributed by atoms with Gasteiger partial charge in [-0.05, 0) is 6.92 Å². The number of nitrogens with one attached hydrogen (secondary N) is 2. The van der Waals surface area contributed by atoms with Gasteiger partial charge in [-0.1, -0.05) is 0 Å². The number of anilines is 1. The molecule has 2 rings (SSSR count). The average Bonchev–Trinajstić information content (AvgIpc) is 2.88. The van der Waals surface area contributed by atoms with E-state index in [4.69, 9.17) is 0 Å². The molecule has 0 saturated heterocycles. The number of H-pyrrole nitrogens is 1. The number of hydrogen-bond acceptors (Lipinski definition) is 4. The Morgan fingerprint density at radius 3 is 3.00 bits per heavy atom. The Morgan fingerprint density at radius 2 is 2.53 bits per heavy atom. The van der Waals surface area contributed by atoms with Crippen LogP contribution in [0, 0.1) is 23.0 Å². The van der Waals surface area contributed by atoms with E-state index in [2.05, 4.69) is 15.5 Å². The Labute approximate surface area is 85.0 Å². The molecule has 1 aliphatic carbocycles. The molecule has 7 nitrogen and oxygen atoms in total. The van der Waals surface area contributed by atoms with Crippen molar-refractivity contribution in [3.05, 3.63) is 22.0 Å². The van der Waals surface area contributed by atoms with Gasteiger partial charge in [0.15, 0.2) is 0 Å². The Bertz CT molecular complexity index is 414. The van der Waals surface area contributed by atoms with Crippen LogP contribution in [0.5, 0.6) is 0 Å². The lowest BCUT2D eigenvalue weighted by Crippen LogP contribution is -2.18. The lowest BCUT2D eigenvalue weighted by Gasteiger charge is -2.00. The largest absolute Gasteiger partial charge is 0.323 e. The summed E-state index contributed by atoms with van der Waals surface area (Å²) in [6.07, 6.45) is 1.81. The van der Waals surface area contributed by atoms with Gasteiger partial charge in [0.2, 0.25) is 11.9 Å². The van der Waals surface area contributed by atoms with Crippen molar-refractivity contribution in [3.8, 4) is 0 Å². The number of aromatic nitrogens is 2. The maximum Gasteiger partial charge on any atom is 0.234 e. The normalized spacial score (nSPS) is 23.5. The summed E-state index contributed by atoms with van der Waals surface area (Å²) in [5.41, 5.74) is 1.32. The molecule has 15 heavy (non-hydrogen) atoms. The highest BCUT2D eigenvalue weighted by atomic mass is 16.6. The number of amides is 1. The van der Waals surface area contributed by atoms with E-state index in [0.29, 0.717) is 12.1 Å². The van der Waals surface area contributed by atoms with Gasteiger partial charge in [0.1, 0.15) is 5.92 Å². The van der Waals surface area contributed by atoms with E-state index >= 15 is 0 Å². The summed E-state index contributed by atoms with van der Waals surface area (Å²) in [6, 6.07) is -0.711. The fraction of sp³-hybridized carbons (Fsp3) is 0.500. The molecular formula is C8H10N4O3. The molecule has 0 unspecified atom stereocenters. The molecule has 1 aliphatic rings. The molecule has 0 bridgehead atoms. The summed E-state index contributed by atoms with van der Waals surface area (Å²) in [6.45, 7) is 1.76. The van der Waals surface area contributed by atoms with Crippen molar-refractivity contribution in [2.75, 3.05) is 5.32 Å². The summed E-state index contributed by atoms with van der Waals surface area (Å²) < 4.78 is 0. The smallest absolute Gasteiger partial charge is 0.234 e. The number of carbonyl (C=O) groups excluding carboxylic acids is 1. The Morgan fingerprint density at radius 1 is 1.80 bits per heavy atom. The highest BCUT2D eigenvalue weighted by Gasteiger charge is 2.53. The summed E-state index contributed by atoms with van der Waals surface area (Å²) in [7, 11) is 0. The Hall–Kier alpha value is -1.92. The number of carbonyl (C=O) groups is 1. The molecule has 0 aliphatic heterocycles. The molecular weight excluding hydrogens is 200 g/mol. The molecule has 2 N–H and O–H groups in total. The van der Waals surface area contributed by atoms with Crippen molar-refractivity contribution >= 4 is 11.6 Å². The molecule has 0 aromatic carbocycles. The fourth-order valence-corrected chi connectivity index (χ4v) is 1.40. The van der Waals surface area contributed by atoms with Crippen LogP contribution in [0.2, 0.25) is 0 Å². The van der Waals surface area contributed by atoms with Crippen LogP contribution in [0.15, 0.2) is 6.20 Å². The van der Waals surface area contributed by atoms with E-state index in [1.807, 2.05) is 0 Å². The monoisotopic (exact) mass is 210 g/mol. The van der Waals surface area contributed by atoms with Crippen molar-refractivity contribution < 1.29 is 9.72 Å². The second-order valence-electron chi connectivity index (χ2n) is 3.59. The molecule has 2 atom stereocenters. The minimum absolute atomic E-state index is 0.304. The quantitative estimate of drug-likeness (QED) is 0.554. The van der Waals surface area contributed by atoms with E-state index in [1.54, 1.807) is 6.92 Å². The highest BCUT2D eigenvalue weighted by molar-refractivity contribution is 5.95. The van der Waals surface area contributed by atoms with Gasteiger partial charge in [-0.15, -0.1) is 0 Å². The van der Waals surface area contributed by atoms with Gasteiger partial charge < -0.3 is 5.32 Å². The predicted molar refractivity (Wildman–Crippen MR) is 50.8 cm³/mol. The second kappa shape index (κ2) is 3.34. The van der Waals surface area contributed by atoms with Crippen LogP contribution in [0.25, 0.3) is 0 Å². The van der Waals surface area contributed by atoms with Gasteiger partial charge in [0.25, 0.3) is 0 Å². The Balaban J connectivity index is 1.95. The molecule has 1 aromatic heterocycles. The fourth-order valence-electron chi connectivity index (χ4n) is 1.40. The number of aryl methyl sites for hydroxylation is 1. The van der Waals surface area contributed by atoms with Gasteiger partial charge in [-0.3, -0.25) is 20.0 Å². The molecule has 0 radical (unpaired) electrons. The average molecular weight is 210 g/mol. The predicted octanol–water partition coefficient (Wildman–Crippen LogP) is 0.322. The third kappa shape index (κ3) is 1.80. The van der Waals surface area contributed by atoms with Crippen molar-refractivity contribution in [3.63, 3.8) is 0 Å². The Kier molecular flexibility index (Phi) is 2.14.